The molecule has 0 N–H and O–H groups in total. The number of carbonyl (C=O) groups is 3. The number of esters is 1. The summed E-state index contributed by atoms with van der Waals surface area (Å²) >= 11 is 18.5. The van der Waals surface area contributed by atoms with Gasteiger partial charge in [0.15, 0.2) is 0 Å². The van der Waals surface area contributed by atoms with E-state index in [1.165, 1.54) is 11.0 Å². The van der Waals surface area contributed by atoms with Crippen LogP contribution in [0.25, 0.3) is 0 Å². The lowest BCUT2D eigenvalue weighted by Gasteiger charge is -2.44. The molecule has 0 aliphatic carbocycles. The first-order chi connectivity index (χ1) is 16.2. The third-order valence-corrected chi connectivity index (χ3v) is 7.04. The normalized spacial score (nSPS) is 22.2. The zero-order chi connectivity index (χ0) is 24.6. The van der Waals surface area contributed by atoms with Crippen molar-refractivity contribution < 1.29 is 19.1 Å². The predicted molar refractivity (Wildman–Crippen MR) is 132 cm³/mol. The minimum absolute atomic E-state index is 0.0200. The van der Waals surface area contributed by atoms with Gasteiger partial charge in [0.05, 0.1) is 39.9 Å². The number of fused-ring (bicyclic) bond motifs is 1. The highest BCUT2D eigenvalue weighted by Crippen LogP contribution is 2.34. The molecule has 0 bridgehead atoms. The number of nitrogens with zero attached hydrogens (tertiary/aromatic N) is 3. The van der Waals surface area contributed by atoms with Crippen LogP contribution in [0.5, 0.6) is 0 Å². The van der Waals surface area contributed by atoms with Gasteiger partial charge >= 0.3 is 5.97 Å². The van der Waals surface area contributed by atoms with E-state index in [9.17, 15) is 14.4 Å². The van der Waals surface area contributed by atoms with Crippen LogP contribution < -0.4 is 4.90 Å². The Kier molecular flexibility index (Phi) is 7.17. The molecule has 34 heavy (non-hydrogen) atoms. The molecular formula is C24H22Cl3N3O4. The van der Waals surface area contributed by atoms with E-state index in [0.717, 1.165) is 0 Å². The summed E-state index contributed by atoms with van der Waals surface area (Å²) in [7, 11) is 0. The Balaban J connectivity index is 1.56. The molecule has 1 saturated heterocycles. The Morgan fingerprint density at radius 1 is 1.06 bits per heavy atom. The predicted octanol–water partition coefficient (Wildman–Crippen LogP) is 5.03. The summed E-state index contributed by atoms with van der Waals surface area (Å²) in [5.74, 6) is -1.27. The monoisotopic (exact) mass is 521 g/mol. The lowest BCUT2D eigenvalue weighted by molar-refractivity contribution is -0.124. The molecule has 4 rings (SSSR count). The number of hydrogen-bond acceptors (Lipinski definition) is 5. The van der Waals surface area contributed by atoms with Gasteiger partial charge in [-0.1, -0.05) is 23.2 Å². The second-order valence-electron chi connectivity index (χ2n) is 8.18. The Labute approximate surface area is 212 Å². The van der Waals surface area contributed by atoms with Crippen molar-refractivity contribution in [2.24, 2.45) is 10.9 Å². The van der Waals surface area contributed by atoms with E-state index in [2.05, 4.69) is 4.99 Å². The molecule has 2 aromatic rings. The third kappa shape index (κ3) is 4.65. The maximum absolute atomic E-state index is 13.4. The minimum atomic E-state index is -0.460. The summed E-state index contributed by atoms with van der Waals surface area (Å²) in [6, 6.07) is 10.5. The molecule has 7 nitrogen and oxygen atoms in total. The molecular weight excluding hydrogens is 501 g/mol. The lowest BCUT2D eigenvalue weighted by atomic mass is 9.85. The average Bonchev–Trinajstić information content (AvgIpc) is 2.81. The highest BCUT2D eigenvalue weighted by molar-refractivity contribution is 6.70. The standard InChI is InChI=1S/C24H22Cl3N3O4/c1-3-34-23(33)14-4-7-16(8-5-14)30-22(32)17-10-13(2)29(12-20(17)28-24(30)27)21(31)15-6-9-18(25)19(26)11-15/h4-9,11,13,17,20H,3,10,12H2,1-2H3/t13-,17?,20?/m1/s1. The molecule has 2 aromatic carbocycles. The largest absolute Gasteiger partial charge is 0.462 e. The SMILES string of the molecule is CCOC(=O)c1ccc(N2C(=O)C3C[C@@H](C)N(C(=O)c4ccc(Cl)c(Cl)c4)CC3N=C2Cl)cc1. The molecule has 2 amide bonds. The van der Waals surface area contributed by atoms with E-state index in [1.54, 1.807) is 48.2 Å². The Bertz CT molecular complexity index is 1170. The van der Waals surface area contributed by atoms with Crippen LogP contribution in [0, 0.1) is 5.92 Å². The van der Waals surface area contributed by atoms with Gasteiger partial charge in [-0.15, -0.1) is 0 Å². The second-order valence-corrected chi connectivity index (χ2v) is 9.34. The van der Waals surface area contributed by atoms with E-state index in [-0.39, 0.29) is 36.3 Å². The zero-order valence-corrected chi connectivity index (χ0v) is 20.8. The summed E-state index contributed by atoms with van der Waals surface area (Å²) in [6.45, 7) is 4.16. The minimum Gasteiger partial charge on any atom is -0.462 e. The topological polar surface area (TPSA) is 79.3 Å². The van der Waals surface area contributed by atoms with Crippen molar-refractivity contribution in [1.29, 1.82) is 0 Å². The van der Waals surface area contributed by atoms with Gasteiger partial charge in [-0.3, -0.25) is 19.5 Å². The number of anilines is 1. The van der Waals surface area contributed by atoms with E-state index in [4.69, 9.17) is 39.5 Å². The zero-order valence-electron chi connectivity index (χ0n) is 18.5. The molecule has 2 aliphatic rings. The molecule has 2 heterocycles. The van der Waals surface area contributed by atoms with Crippen LogP contribution in [0.1, 0.15) is 41.0 Å². The van der Waals surface area contributed by atoms with Crippen molar-refractivity contribution in [1.82, 2.24) is 4.90 Å². The molecule has 3 atom stereocenters. The third-order valence-electron chi connectivity index (χ3n) is 6.03. The van der Waals surface area contributed by atoms with Crippen molar-refractivity contribution in [2.75, 3.05) is 18.1 Å². The number of aliphatic imine (C=N–C) groups is 1. The fourth-order valence-electron chi connectivity index (χ4n) is 4.28. The Hall–Kier alpha value is -2.61. The number of carbonyl (C=O) groups excluding carboxylic acids is 3. The van der Waals surface area contributed by atoms with Crippen molar-refractivity contribution in [3.8, 4) is 0 Å². The summed E-state index contributed by atoms with van der Waals surface area (Å²) in [5.41, 5.74) is 1.30. The summed E-state index contributed by atoms with van der Waals surface area (Å²) in [4.78, 5) is 46.0. The van der Waals surface area contributed by atoms with E-state index in [0.29, 0.717) is 33.3 Å². The van der Waals surface area contributed by atoms with Gasteiger partial charge in [-0.2, -0.15) is 0 Å². The van der Waals surface area contributed by atoms with Crippen LogP contribution in [0.4, 0.5) is 5.69 Å². The lowest BCUT2D eigenvalue weighted by Crippen LogP contribution is -2.58. The Morgan fingerprint density at radius 3 is 2.38 bits per heavy atom. The molecule has 2 aliphatic heterocycles. The first-order valence-electron chi connectivity index (χ1n) is 10.8. The smallest absolute Gasteiger partial charge is 0.338 e. The maximum atomic E-state index is 13.4. The molecule has 0 saturated carbocycles. The van der Waals surface area contributed by atoms with E-state index in [1.807, 2.05) is 6.92 Å². The summed E-state index contributed by atoms with van der Waals surface area (Å²) in [5, 5.41) is 0.690. The van der Waals surface area contributed by atoms with Gasteiger partial charge in [-0.05, 0) is 74.3 Å². The van der Waals surface area contributed by atoms with Crippen LogP contribution in [0.2, 0.25) is 10.0 Å². The van der Waals surface area contributed by atoms with Gasteiger partial charge in [0.2, 0.25) is 11.2 Å². The quantitative estimate of drug-likeness (QED) is 0.417. The van der Waals surface area contributed by atoms with Crippen molar-refractivity contribution in [3.63, 3.8) is 0 Å². The van der Waals surface area contributed by atoms with Gasteiger partial charge in [0.1, 0.15) is 0 Å². The van der Waals surface area contributed by atoms with Crippen LogP contribution in [0.15, 0.2) is 47.5 Å². The highest BCUT2D eigenvalue weighted by Gasteiger charge is 2.45. The molecule has 10 heteroatoms. The van der Waals surface area contributed by atoms with Crippen molar-refractivity contribution >= 4 is 63.6 Å². The number of amides is 2. The molecule has 178 valence electrons. The number of amidine groups is 1. The number of rotatable bonds is 4. The van der Waals surface area contributed by atoms with Crippen molar-refractivity contribution in [3.05, 3.63) is 63.6 Å². The van der Waals surface area contributed by atoms with Crippen LogP contribution in [-0.4, -0.2) is 53.2 Å². The molecule has 0 radical (unpaired) electrons. The molecule has 1 fully saturated rings. The summed E-state index contributed by atoms with van der Waals surface area (Å²) in [6.07, 6.45) is 0.432. The van der Waals surface area contributed by atoms with Gasteiger partial charge in [0.25, 0.3) is 5.91 Å². The Morgan fingerprint density at radius 2 is 1.74 bits per heavy atom. The van der Waals surface area contributed by atoms with E-state index >= 15 is 0 Å². The molecule has 0 spiro atoms. The average molecular weight is 523 g/mol. The van der Waals surface area contributed by atoms with Crippen LogP contribution >= 0.6 is 34.8 Å². The number of ether oxygens (including phenoxy) is 1. The van der Waals surface area contributed by atoms with Crippen molar-refractivity contribution in [2.45, 2.75) is 32.4 Å². The first kappa shape index (κ1) is 24.5. The fourth-order valence-corrected chi connectivity index (χ4v) is 4.89. The van der Waals surface area contributed by atoms with Crippen LogP contribution in [0.3, 0.4) is 0 Å². The van der Waals surface area contributed by atoms with Gasteiger partial charge in [0, 0.05) is 18.2 Å². The second kappa shape index (κ2) is 9.94. The number of hydrogen-bond donors (Lipinski definition) is 0. The number of likely N-dealkylation sites (tertiary alicyclic amines) is 1. The molecule has 2 unspecified atom stereocenters. The number of benzene rings is 2. The van der Waals surface area contributed by atoms with E-state index < -0.39 is 17.9 Å². The fraction of sp³-hybridized carbons (Fsp3) is 0.333. The molecule has 0 aromatic heterocycles. The van der Waals surface area contributed by atoms with Gasteiger partial charge in [-0.25, -0.2) is 4.79 Å². The maximum Gasteiger partial charge on any atom is 0.338 e. The highest BCUT2D eigenvalue weighted by atomic mass is 35.5. The first-order valence-corrected chi connectivity index (χ1v) is 11.9. The van der Waals surface area contributed by atoms with Gasteiger partial charge < -0.3 is 9.64 Å². The van der Waals surface area contributed by atoms with Crippen LogP contribution in [-0.2, 0) is 9.53 Å². The number of piperidine rings is 1. The number of halogens is 3. The summed E-state index contributed by atoms with van der Waals surface area (Å²) < 4.78 is 5.00.